The lowest BCUT2D eigenvalue weighted by Crippen LogP contribution is -1.98. The Hall–Kier alpha value is -2.20. The maximum absolute atomic E-state index is 10.7. The van der Waals surface area contributed by atoms with Gasteiger partial charge in [-0.2, -0.15) is 5.10 Å². The van der Waals surface area contributed by atoms with Crippen LogP contribution >= 0.6 is 23.1 Å². The number of nitrogens with zero attached hydrogens (tertiary/aromatic N) is 6. The third kappa shape index (κ3) is 3.34. The van der Waals surface area contributed by atoms with E-state index >= 15 is 0 Å². The minimum Gasteiger partial charge on any atom is -0.305 e. The second kappa shape index (κ2) is 6.73. The molecule has 10 heteroatoms. The van der Waals surface area contributed by atoms with Crippen molar-refractivity contribution < 1.29 is 4.92 Å². The van der Waals surface area contributed by atoms with Gasteiger partial charge in [0.15, 0.2) is 11.0 Å². The van der Waals surface area contributed by atoms with E-state index in [-0.39, 0.29) is 5.69 Å². The molecule has 3 aromatic heterocycles. The van der Waals surface area contributed by atoms with Gasteiger partial charge in [0.1, 0.15) is 12.4 Å². The van der Waals surface area contributed by atoms with Gasteiger partial charge < -0.3 is 4.57 Å². The molecule has 0 aromatic carbocycles. The summed E-state index contributed by atoms with van der Waals surface area (Å²) < 4.78 is 3.44. The molecule has 0 saturated carbocycles. The summed E-state index contributed by atoms with van der Waals surface area (Å²) in [6, 6.07) is 2.14. The second-order valence-corrected chi connectivity index (χ2v) is 7.38. The zero-order valence-corrected chi connectivity index (χ0v) is 15.0. The van der Waals surface area contributed by atoms with E-state index in [9.17, 15) is 10.1 Å². The van der Waals surface area contributed by atoms with Crippen molar-refractivity contribution in [1.82, 2.24) is 24.5 Å². The molecule has 0 aliphatic rings. The Kier molecular flexibility index (Phi) is 4.67. The van der Waals surface area contributed by atoms with Gasteiger partial charge in [0.05, 0.1) is 10.8 Å². The number of thioether (sulfide) groups is 1. The molecule has 0 fully saturated rings. The average Bonchev–Trinajstić information content (AvgIpc) is 3.24. The molecule has 0 atom stereocenters. The van der Waals surface area contributed by atoms with Gasteiger partial charge in [0, 0.05) is 22.9 Å². The fourth-order valence-electron chi connectivity index (χ4n) is 2.11. The predicted octanol–water partition coefficient (Wildman–Crippen LogP) is 3.52. The van der Waals surface area contributed by atoms with Crippen molar-refractivity contribution >= 4 is 28.8 Å². The molecule has 0 N–H and O–H groups in total. The first-order valence-electron chi connectivity index (χ1n) is 7.23. The van der Waals surface area contributed by atoms with E-state index in [0.717, 1.165) is 16.5 Å². The first-order chi connectivity index (χ1) is 11.5. The van der Waals surface area contributed by atoms with Gasteiger partial charge in [0.25, 0.3) is 0 Å². The van der Waals surface area contributed by atoms with Crippen LogP contribution < -0.4 is 0 Å². The highest BCUT2D eigenvalue weighted by molar-refractivity contribution is 7.98. The molecular weight excluding hydrogens is 348 g/mol. The van der Waals surface area contributed by atoms with Crippen molar-refractivity contribution in [1.29, 1.82) is 0 Å². The summed E-state index contributed by atoms with van der Waals surface area (Å²) in [5.41, 5.74) is 1.04. The Labute approximate surface area is 146 Å². The van der Waals surface area contributed by atoms with Crippen LogP contribution in [-0.2, 0) is 12.9 Å². The normalized spacial score (nSPS) is 11.3. The molecule has 24 heavy (non-hydrogen) atoms. The Morgan fingerprint density at radius 3 is 2.83 bits per heavy atom. The highest BCUT2D eigenvalue weighted by atomic mass is 32.2. The van der Waals surface area contributed by atoms with Crippen LogP contribution in [0.3, 0.4) is 0 Å². The topological polar surface area (TPSA) is 91.7 Å². The largest absolute Gasteiger partial charge is 0.307 e. The maximum Gasteiger partial charge on any atom is 0.307 e. The first-order valence-corrected chi connectivity index (χ1v) is 9.10. The van der Waals surface area contributed by atoms with E-state index in [1.54, 1.807) is 11.3 Å². The molecule has 0 aliphatic heterocycles. The van der Waals surface area contributed by atoms with E-state index in [0.29, 0.717) is 11.8 Å². The van der Waals surface area contributed by atoms with Crippen LogP contribution in [0.15, 0.2) is 29.0 Å². The molecule has 3 rings (SSSR count). The SMILES string of the molecule is CC(C)c1cc(-c2nnc(SCn3cc([N+](=O)[O-])cn3)n2C)cs1. The summed E-state index contributed by atoms with van der Waals surface area (Å²) in [6.45, 7) is 4.33. The molecule has 0 radical (unpaired) electrons. The van der Waals surface area contributed by atoms with Gasteiger partial charge in [-0.25, -0.2) is 0 Å². The van der Waals surface area contributed by atoms with Gasteiger partial charge in [-0.05, 0) is 12.0 Å². The number of nitro groups is 1. The molecule has 0 spiro atoms. The molecule has 126 valence electrons. The van der Waals surface area contributed by atoms with Gasteiger partial charge in [-0.1, -0.05) is 25.6 Å². The van der Waals surface area contributed by atoms with Crippen LogP contribution in [0, 0.1) is 10.1 Å². The number of aromatic nitrogens is 5. The average molecular weight is 364 g/mol. The highest BCUT2D eigenvalue weighted by Crippen LogP contribution is 2.30. The van der Waals surface area contributed by atoms with E-state index in [1.807, 2.05) is 11.6 Å². The lowest BCUT2D eigenvalue weighted by molar-refractivity contribution is -0.385. The fraction of sp³-hybridized carbons (Fsp3) is 0.357. The van der Waals surface area contributed by atoms with Crippen LogP contribution in [0.1, 0.15) is 24.6 Å². The third-order valence-electron chi connectivity index (χ3n) is 3.44. The van der Waals surface area contributed by atoms with Crippen molar-refractivity contribution in [3.05, 3.63) is 38.8 Å². The van der Waals surface area contributed by atoms with Crippen molar-refractivity contribution in [2.75, 3.05) is 0 Å². The Morgan fingerprint density at radius 1 is 1.42 bits per heavy atom. The zero-order valence-electron chi connectivity index (χ0n) is 13.4. The summed E-state index contributed by atoms with van der Waals surface area (Å²) in [6.07, 6.45) is 2.64. The Bertz CT molecular complexity index is 866. The highest BCUT2D eigenvalue weighted by Gasteiger charge is 2.15. The zero-order chi connectivity index (χ0) is 17.3. The van der Waals surface area contributed by atoms with E-state index < -0.39 is 4.92 Å². The molecule has 0 aliphatic carbocycles. The lowest BCUT2D eigenvalue weighted by atomic mass is 10.1. The summed E-state index contributed by atoms with van der Waals surface area (Å²) >= 11 is 3.14. The van der Waals surface area contributed by atoms with Crippen LogP contribution in [0.5, 0.6) is 0 Å². The number of hydrogen-bond acceptors (Lipinski definition) is 7. The van der Waals surface area contributed by atoms with Gasteiger partial charge in [-0.15, -0.1) is 21.5 Å². The summed E-state index contributed by atoms with van der Waals surface area (Å²) in [7, 11) is 1.91. The summed E-state index contributed by atoms with van der Waals surface area (Å²) in [5, 5.41) is 25.9. The monoisotopic (exact) mass is 364 g/mol. The molecular formula is C14H16N6O2S2. The van der Waals surface area contributed by atoms with Crippen LogP contribution in [0.25, 0.3) is 11.4 Å². The standard InChI is InChI=1S/C14H16N6O2S2/c1-9(2)12-4-10(7-23-12)13-16-17-14(18(13)3)24-8-19-6-11(5-15-19)20(21)22/h4-7,9H,8H2,1-3H3. The van der Waals surface area contributed by atoms with Gasteiger partial charge >= 0.3 is 5.69 Å². The molecule has 0 unspecified atom stereocenters. The smallest absolute Gasteiger partial charge is 0.305 e. The van der Waals surface area contributed by atoms with Crippen molar-refractivity contribution in [2.24, 2.45) is 7.05 Å². The van der Waals surface area contributed by atoms with Crippen LogP contribution in [-0.4, -0.2) is 29.5 Å². The van der Waals surface area contributed by atoms with Crippen molar-refractivity contribution in [2.45, 2.75) is 30.8 Å². The van der Waals surface area contributed by atoms with Gasteiger partial charge in [0.2, 0.25) is 0 Å². The second-order valence-electron chi connectivity index (χ2n) is 5.53. The van der Waals surface area contributed by atoms with Crippen molar-refractivity contribution in [3.8, 4) is 11.4 Å². The van der Waals surface area contributed by atoms with E-state index in [2.05, 4.69) is 40.6 Å². The molecule has 0 saturated heterocycles. The van der Waals surface area contributed by atoms with Crippen LogP contribution in [0.4, 0.5) is 5.69 Å². The summed E-state index contributed by atoms with van der Waals surface area (Å²) in [4.78, 5) is 11.5. The molecule has 0 bridgehead atoms. The molecule has 3 heterocycles. The number of rotatable bonds is 6. The number of hydrogen-bond donors (Lipinski definition) is 0. The minimum absolute atomic E-state index is 0.0197. The van der Waals surface area contributed by atoms with Crippen LogP contribution in [0.2, 0.25) is 0 Å². The first kappa shape index (κ1) is 16.7. The Morgan fingerprint density at radius 2 is 2.21 bits per heavy atom. The Balaban J connectivity index is 1.73. The molecule has 0 amide bonds. The lowest BCUT2D eigenvalue weighted by Gasteiger charge is -2.03. The molecule has 8 nitrogen and oxygen atoms in total. The molecule has 3 aromatic rings. The summed E-state index contributed by atoms with van der Waals surface area (Å²) in [5.74, 6) is 1.73. The predicted molar refractivity (Wildman–Crippen MR) is 93.1 cm³/mol. The third-order valence-corrected chi connectivity index (χ3v) is 5.68. The number of thiophene rings is 1. The maximum atomic E-state index is 10.7. The van der Waals surface area contributed by atoms with E-state index in [4.69, 9.17) is 0 Å². The van der Waals surface area contributed by atoms with E-state index in [1.165, 1.54) is 33.7 Å². The minimum atomic E-state index is -0.461. The van der Waals surface area contributed by atoms with Crippen molar-refractivity contribution in [3.63, 3.8) is 0 Å². The van der Waals surface area contributed by atoms with Gasteiger partial charge in [-0.3, -0.25) is 14.8 Å². The fourth-order valence-corrected chi connectivity index (χ4v) is 3.78. The quantitative estimate of drug-likeness (QED) is 0.377.